The summed E-state index contributed by atoms with van der Waals surface area (Å²) in [6, 6.07) is 5.00. The van der Waals surface area contributed by atoms with Crippen molar-refractivity contribution in [2.24, 2.45) is 5.92 Å². The summed E-state index contributed by atoms with van der Waals surface area (Å²) in [7, 11) is -3.67. The van der Waals surface area contributed by atoms with E-state index in [0.717, 1.165) is 31.6 Å². The van der Waals surface area contributed by atoms with E-state index in [4.69, 9.17) is 0 Å². The highest BCUT2D eigenvalue weighted by molar-refractivity contribution is 7.89. The normalized spacial score (nSPS) is 17.4. The highest BCUT2D eigenvalue weighted by Crippen LogP contribution is 2.31. The molecule has 0 spiro atoms. The Hall–Kier alpha value is -2.13. The molecule has 2 fully saturated rings. The van der Waals surface area contributed by atoms with E-state index in [1.165, 1.54) is 4.31 Å². The molecule has 0 radical (unpaired) electrons. The molecule has 190 valence electrons. The average Bonchev–Trinajstić information content (AvgIpc) is 3.39. The highest BCUT2D eigenvalue weighted by atomic mass is 32.2. The standard InChI is InChI=1S/C25H40N4O4S/c1-5-26(6-2)24(30)20-13-17-28(18-14-20)25(31)22-19-21(34(32,33)29(7-3)8-4)11-12-23(22)27-15-9-10-16-27/h11-12,19-20H,5-10,13-18H2,1-4H3. The van der Waals surface area contributed by atoms with Crippen LogP contribution in [0.4, 0.5) is 5.69 Å². The van der Waals surface area contributed by atoms with Crippen molar-refractivity contribution in [3.05, 3.63) is 23.8 Å². The third-order valence-electron chi connectivity index (χ3n) is 7.19. The maximum absolute atomic E-state index is 13.7. The molecule has 2 saturated heterocycles. The van der Waals surface area contributed by atoms with Crippen LogP contribution in [0.1, 0.15) is 63.7 Å². The van der Waals surface area contributed by atoms with Gasteiger partial charge in [-0.05, 0) is 57.7 Å². The second kappa shape index (κ2) is 11.5. The van der Waals surface area contributed by atoms with E-state index >= 15 is 0 Å². The lowest BCUT2D eigenvalue weighted by Gasteiger charge is -2.34. The topological polar surface area (TPSA) is 81.2 Å². The summed E-state index contributed by atoms with van der Waals surface area (Å²) in [6.45, 7) is 12.5. The average molecular weight is 493 g/mol. The van der Waals surface area contributed by atoms with Gasteiger partial charge in [0, 0.05) is 64.0 Å². The van der Waals surface area contributed by atoms with Gasteiger partial charge in [-0.1, -0.05) is 13.8 Å². The maximum atomic E-state index is 13.7. The van der Waals surface area contributed by atoms with Crippen LogP contribution in [0.3, 0.4) is 0 Å². The maximum Gasteiger partial charge on any atom is 0.256 e. The van der Waals surface area contributed by atoms with E-state index in [9.17, 15) is 18.0 Å². The van der Waals surface area contributed by atoms with Crippen molar-refractivity contribution >= 4 is 27.5 Å². The minimum absolute atomic E-state index is 0.0589. The molecule has 0 aromatic heterocycles. The number of hydrogen-bond acceptors (Lipinski definition) is 5. The second-order valence-electron chi connectivity index (χ2n) is 9.04. The number of anilines is 1. The third kappa shape index (κ3) is 5.40. The lowest BCUT2D eigenvalue weighted by atomic mass is 9.94. The molecule has 8 nitrogen and oxygen atoms in total. The molecule has 0 aliphatic carbocycles. The molecule has 9 heteroatoms. The molecule has 0 unspecified atom stereocenters. The first-order valence-electron chi connectivity index (χ1n) is 12.8. The second-order valence-corrected chi connectivity index (χ2v) is 11.0. The van der Waals surface area contributed by atoms with Crippen LogP contribution in [-0.4, -0.2) is 86.7 Å². The van der Waals surface area contributed by atoms with Gasteiger partial charge in [-0.3, -0.25) is 9.59 Å². The Morgan fingerprint density at radius 2 is 1.50 bits per heavy atom. The summed E-state index contributed by atoms with van der Waals surface area (Å²) in [5.74, 6) is -0.0363. The number of sulfonamides is 1. The molecule has 1 aromatic rings. The van der Waals surface area contributed by atoms with Crippen molar-refractivity contribution in [2.45, 2.75) is 58.3 Å². The van der Waals surface area contributed by atoms with Crippen molar-refractivity contribution in [1.82, 2.24) is 14.1 Å². The van der Waals surface area contributed by atoms with E-state index < -0.39 is 10.0 Å². The van der Waals surface area contributed by atoms with Crippen LogP contribution in [0.15, 0.2) is 23.1 Å². The van der Waals surface area contributed by atoms with Crippen LogP contribution >= 0.6 is 0 Å². The van der Waals surface area contributed by atoms with Gasteiger partial charge in [-0.25, -0.2) is 8.42 Å². The highest BCUT2D eigenvalue weighted by Gasteiger charge is 2.32. The van der Waals surface area contributed by atoms with Gasteiger partial charge in [0.2, 0.25) is 15.9 Å². The van der Waals surface area contributed by atoms with Crippen molar-refractivity contribution in [3.8, 4) is 0 Å². The summed E-state index contributed by atoms with van der Waals surface area (Å²) in [5, 5.41) is 0. The Balaban J connectivity index is 1.86. The minimum Gasteiger partial charge on any atom is -0.371 e. The molecule has 3 rings (SSSR count). The fraction of sp³-hybridized carbons (Fsp3) is 0.680. The fourth-order valence-electron chi connectivity index (χ4n) is 5.09. The zero-order valence-corrected chi connectivity index (χ0v) is 21.9. The van der Waals surface area contributed by atoms with Gasteiger partial charge in [0.05, 0.1) is 10.5 Å². The largest absolute Gasteiger partial charge is 0.371 e. The first-order valence-corrected chi connectivity index (χ1v) is 14.2. The molecule has 2 aliphatic heterocycles. The molecule has 0 atom stereocenters. The van der Waals surface area contributed by atoms with Crippen LogP contribution < -0.4 is 4.90 Å². The predicted octanol–water partition coefficient (Wildman–Crippen LogP) is 3.04. The Labute approximate surface area is 204 Å². The van der Waals surface area contributed by atoms with Crippen LogP contribution in [0.25, 0.3) is 0 Å². The Morgan fingerprint density at radius 1 is 0.912 bits per heavy atom. The zero-order valence-electron chi connectivity index (χ0n) is 21.1. The number of rotatable bonds is 9. The lowest BCUT2D eigenvalue weighted by Crippen LogP contribution is -2.44. The molecule has 2 amide bonds. The summed E-state index contributed by atoms with van der Waals surface area (Å²) in [4.78, 5) is 32.4. The van der Waals surface area contributed by atoms with Crippen molar-refractivity contribution in [2.75, 3.05) is 57.3 Å². The quantitative estimate of drug-likeness (QED) is 0.529. The van der Waals surface area contributed by atoms with Crippen molar-refractivity contribution in [3.63, 3.8) is 0 Å². The minimum atomic E-state index is -3.67. The van der Waals surface area contributed by atoms with Crippen LogP contribution in [0, 0.1) is 5.92 Å². The van der Waals surface area contributed by atoms with Crippen LogP contribution in [0.5, 0.6) is 0 Å². The first kappa shape index (κ1) is 26.5. The van der Waals surface area contributed by atoms with E-state index in [-0.39, 0.29) is 22.6 Å². The van der Waals surface area contributed by atoms with Crippen LogP contribution in [0.2, 0.25) is 0 Å². The Kier molecular flexibility index (Phi) is 8.98. The SMILES string of the molecule is CCN(CC)C(=O)C1CCN(C(=O)c2cc(S(=O)(=O)N(CC)CC)ccc2N2CCCC2)CC1. The molecule has 1 aromatic carbocycles. The molecule has 0 saturated carbocycles. The number of nitrogens with zero attached hydrogens (tertiary/aromatic N) is 4. The molecule has 2 aliphatic rings. The van der Waals surface area contributed by atoms with E-state index in [1.54, 1.807) is 23.1 Å². The number of hydrogen-bond donors (Lipinski definition) is 0. The van der Waals surface area contributed by atoms with Gasteiger partial charge in [-0.2, -0.15) is 4.31 Å². The van der Waals surface area contributed by atoms with Crippen molar-refractivity contribution in [1.29, 1.82) is 0 Å². The molecular weight excluding hydrogens is 452 g/mol. The summed E-state index contributed by atoms with van der Waals surface area (Å²) in [6.07, 6.45) is 3.40. The monoisotopic (exact) mass is 492 g/mol. The lowest BCUT2D eigenvalue weighted by molar-refractivity contribution is -0.136. The van der Waals surface area contributed by atoms with E-state index in [1.807, 2.05) is 32.6 Å². The van der Waals surface area contributed by atoms with Gasteiger partial charge < -0.3 is 14.7 Å². The summed E-state index contributed by atoms with van der Waals surface area (Å²) >= 11 is 0. The van der Waals surface area contributed by atoms with Gasteiger partial charge in [0.25, 0.3) is 5.91 Å². The third-order valence-corrected chi connectivity index (χ3v) is 9.24. The fourth-order valence-corrected chi connectivity index (χ4v) is 6.57. The summed E-state index contributed by atoms with van der Waals surface area (Å²) in [5.41, 5.74) is 1.26. The van der Waals surface area contributed by atoms with Gasteiger partial charge in [-0.15, -0.1) is 0 Å². The predicted molar refractivity (Wildman–Crippen MR) is 135 cm³/mol. The molecule has 0 bridgehead atoms. The first-order chi connectivity index (χ1) is 16.3. The van der Waals surface area contributed by atoms with Gasteiger partial charge in [0.15, 0.2) is 0 Å². The van der Waals surface area contributed by atoms with Gasteiger partial charge >= 0.3 is 0 Å². The van der Waals surface area contributed by atoms with E-state index in [2.05, 4.69) is 4.90 Å². The van der Waals surface area contributed by atoms with Crippen molar-refractivity contribution < 1.29 is 18.0 Å². The Bertz CT molecular complexity index is 959. The molecular formula is C25H40N4O4S. The zero-order chi connectivity index (χ0) is 24.9. The molecule has 0 N–H and O–H groups in total. The van der Waals surface area contributed by atoms with Gasteiger partial charge in [0.1, 0.15) is 0 Å². The van der Waals surface area contributed by atoms with Crippen LogP contribution in [-0.2, 0) is 14.8 Å². The van der Waals surface area contributed by atoms with E-state index in [0.29, 0.717) is 57.7 Å². The smallest absolute Gasteiger partial charge is 0.256 e. The number of piperidine rings is 1. The number of amides is 2. The molecule has 34 heavy (non-hydrogen) atoms. The summed E-state index contributed by atoms with van der Waals surface area (Å²) < 4.78 is 27.7. The number of carbonyl (C=O) groups is 2. The Morgan fingerprint density at radius 3 is 2.03 bits per heavy atom. The number of likely N-dealkylation sites (tertiary alicyclic amines) is 1. The number of carbonyl (C=O) groups excluding carboxylic acids is 2. The number of benzene rings is 1. The molecule has 2 heterocycles.